The first-order valence-corrected chi connectivity index (χ1v) is 10.4. The molecule has 4 heteroatoms. The topological polar surface area (TPSA) is 64.7 Å². The number of hydrogen-bond acceptors (Lipinski definition) is 4. The molecule has 3 rings (SSSR count). The molecule has 0 unspecified atom stereocenters. The molecule has 2 aromatic carbocycles. The van der Waals surface area contributed by atoms with Gasteiger partial charge in [-0.2, -0.15) is 0 Å². The third-order valence-corrected chi connectivity index (χ3v) is 5.82. The fraction of sp³-hybridized carbons (Fsp3) is 0.500. The second-order valence-electron chi connectivity index (χ2n) is 7.75. The zero-order valence-corrected chi connectivity index (χ0v) is 16.9. The van der Waals surface area contributed by atoms with Crippen molar-refractivity contribution in [2.75, 3.05) is 26.9 Å². The molecule has 1 aliphatic rings. The first kappa shape index (κ1) is 20.7. The Morgan fingerprint density at radius 2 is 1.93 bits per heavy atom. The van der Waals surface area contributed by atoms with E-state index in [1.54, 1.807) is 7.11 Å². The Hall–Kier alpha value is -2.04. The number of nitrogens with two attached hydrogens (primary N) is 1. The zero-order valence-electron chi connectivity index (χ0n) is 16.9. The highest BCUT2D eigenvalue weighted by Crippen LogP contribution is 2.32. The van der Waals surface area contributed by atoms with Gasteiger partial charge < -0.3 is 20.3 Å². The molecule has 2 aromatic rings. The van der Waals surface area contributed by atoms with Crippen molar-refractivity contribution in [3.8, 4) is 11.5 Å². The number of aliphatic hydroxyl groups is 1. The third kappa shape index (κ3) is 5.27. The number of aliphatic hydroxyl groups excluding tert-OH is 1. The predicted octanol–water partition coefficient (Wildman–Crippen LogP) is 4.08. The summed E-state index contributed by atoms with van der Waals surface area (Å²) in [7, 11) is 1.68. The summed E-state index contributed by atoms with van der Waals surface area (Å²) in [4.78, 5) is 0. The molecule has 0 spiro atoms. The molecule has 0 fully saturated rings. The van der Waals surface area contributed by atoms with Crippen LogP contribution in [0.25, 0.3) is 0 Å². The first-order chi connectivity index (χ1) is 13.7. The van der Waals surface area contributed by atoms with Crippen molar-refractivity contribution in [2.45, 2.75) is 44.4 Å². The number of rotatable bonds is 10. The molecule has 0 amide bonds. The van der Waals surface area contributed by atoms with E-state index in [0.29, 0.717) is 25.0 Å². The summed E-state index contributed by atoms with van der Waals surface area (Å²) < 4.78 is 11.4. The maximum absolute atomic E-state index is 9.00. The van der Waals surface area contributed by atoms with E-state index in [1.807, 2.05) is 24.3 Å². The van der Waals surface area contributed by atoms with E-state index in [2.05, 4.69) is 18.2 Å². The van der Waals surface area contributed by atoms with Crippen LogP contribution in [0.5, 0.6) is 11.5 Å². The molecule has 4 nitrogen and oxygen atoms in total. The second-order valence-corrected chi connectivity index (χ2v) is 7.75. The normalized spacial score (nSPS) is 17.0. The maximum atomic E-state index is 9.00. The quantitative estimate of drug-likeness (QED) is 0.607. The lowest BCUT2D eigenvalue weighted by atomic mass is 9.81. The lowest BCUT2D eigenvalue weighted by Gasteiger charge is -2.26. The molecular formula is C24H33NO3. The molecule has 3 N–H and O–H groups in total. The summed E-state index contributed by atoms with van der Waals surface area (Å²) in [6.45, 7) is 1.65. The molecule has 0 saturated heterocycles. The number of unbranched alkanes of at least 4 members (excludes halogenated alkanes) is 1. The van der Waals surface area contributed by atoms with Crippen LogP contribution in [-0.4, -0.2) is 32.0 Å². The Kier molecular flexibility index (Phi) is 7.75. The van der Waals surface area contributed by atoms with Crippen LogP contribution >= 0.6 is 0 Å². The molecular weight excluding hydrogens is 350 g/mol. The molecule has 0 saturated carbocycles. The van der Waals surface area contributed by atoms with E-state index in [9.17, 15) is 0 Å². The molecule has 28 heavy (non-hydrogen) atoms. The third-order valence-electron chi connectivity index (χ3n) is 5.82. The fourth-order valence-corrected chi connectivity index (χ4v) is 4.12. The van der Waals surface area contributed by atoms with Crippen LogP contribution in [0.1, 0.15) is 48.3 Å². The van der Waals surface area contributed by atoms with E-state index in [-0.39, 0.29) is 6.61 Å². The number of aryl methyl sites for hydroxylation is 1. The summed E-state index contributed by atoms with van der Waals surface area (Å²) in [5.41, 5.74) is 10.3. The van der Waals surface area contributed by atoms with Crippen molar-refractivity contribution in [1.82, 2.24) is 0 Å². The highest BCUT2D eigenvalue weighted by molar-refractivity contribution is 5.39. The van der Waals surface area contributed by atoms with Gasteiger partial charge in [0.15, 0.2) is 11.5 Å². The van der Waals surface area contributed by atoms with Gasteiger partial charge in [0.05, 0.1) is 13.7 Å². The van der Waals surface area contributed by atoms with Crippen LogP contribution in [0.2, 0.25) is 0 Å². The average molecular weight is 384 g/mol. The second kappa shape index (κ2) is 10.5. The van der Waals surface area contributed by atoms with Crippen molar-refractivity contribution in [1.29, 1.82) is 0 Å². The number of fused-ring (bicyclic) bond motifs is 1. The molecule has 2 atom stereocenters. The smallest absolute Gasteiger partial charge is 0.161 e. The molecule has 152 valence electrons. The van der Waals surface area contributed by atoms with Crippen LogP contribution < -0.4 is 15.2 Å². The minimum atomic E-state index is 0.264. The molecule has 0 radical (unpaired) electrons. The Morgan fingerprint density at radius 3 is 2.68 bits per heavy atom. The van der Waals surface area contributed by atoms with Gasteiger partial charge in [0.25, 0.3) is 0 Å². The van der Waals surface area contributed by atoms with Gasteiger partial charge in [-0.25, -0.2) is 0 Å². The highest BCUT2D eigenvalue weighted by Gasteiger charge is 2.21. The van der Waals surface area contributed by atoms with E-state index < -0.39 is 0 Å². The summed E-state index contributed by atoms with van der Waals surface area (Å²) in [5, 5.41) is 9.00. The van der Waals surface area contributed by atoms with Gasteiger partial charge in [0, 0.05) is 6.61 Å². The van der Waals surface area contributed by atoms with Crippen LogP contribution in [-0.2, 0) is 12.8 Å². The summed E-state index contributed by atoms with van der Waals surface area (Å²) in [6.07, 6.45) is 6.22. The van der Waals surface area contributed by atoms with Gasteiger partial charge in [-0.3, -0.25) is 0 Å². The van der Waals surface area contributed by atoms with Crippen LogP contribution in [0.4, 0.5) is 0 Å². The Balaban J connectivity index is 1.59. The monoisotopic (exact) mass is 383 g/mol. The maximum Gasteiger partial charge on any atom is 0.161 e. The average Bonchev–Trinajstić information content (AvgIpc) is 2.75. The summed E-state index contributed by atoms with van der Waals surface area (Å²) >= 11 is 0. The fourth-order valence-electron chi connectivity index (χ4n) is 4.12. The molecule has 1 aliphatic carbocycles. The number of methoxy groups -OCH3 is 1. The van der Waals surface area contributed by atoms with Crippen LogP contribution in [0, 0.1) is 5.92 Å². The Labute approximate surface area is 168 Å². The largest absolute Gasteiger partial charge is 0.493 e. The molecule has 0 bridgehead atoms. The van der Waals surface area contributed by atoms with E-state index in [4.69, 9.17) is 20.3 Å². The predicted molar refractivity (Wildman–Crippen MR) is 113 cm³/mol. The van der Waals surface area contributed by atoms with Crippen molar-refractivity contribution in [3.05, 3.63) is 59.2 Å². The summed E-state index contributed by atoms with van der Waals surface area (Å²) in [6, 6.07) is 14.7. The van der Waals surface area contributed by atoms with Crippen molar-refractivity contribution >= 4 is 0 Å². The first-order valence-electron chi connectivity index (χ1n) is 10.4. The van der Waals surface area contributed by atoms with E-state index in [0.717, 1.165) is 50.0 Å². The van der Waals surface area contributed by atoms with Gasteiger partial charge in [0.2, 0.25) is 0 Å². The Morgan fingerprint density at radius 1 is 1.11 bits per heavy atom. The minimum absolute atomic E-state index is 0.264. The van der Waals surface area contributed by atoms with Gasteiger partial charge in [-0.1, -0.05) is 36.8 Å². The molecule has 0 aliphatic heterocycles. The lowest BCUT2D eigenvalue weighted by Crippen LogP contribution is -2.21. The minimum Gasteiger partial charge on any atom is -0.493 e. The standard InChI is InChI=1S/C24H33NO3/c1-27-23-7-2-3-8-24(23)28-17-18-9-10-20-15-21(12-11-19(20)14-18)22(16-25)6-4-5-13-26/h2-3,7-8,11-12,15,18,22,26H,4-6,9-10,13-14,16-17,25H2,1H3/t18-,22+/m1/s1. The van der Waals surface area contributed by atoms with E-state index >= 15 is 0 Å². The molecule has 0 aromatic heterocycles. The zero-order chi connectivity index (χ0) is 19.8. The van der Waals surface area contributed by atoms with Gasteiger partial charge in [-0.05, 0) is 79.3 Å². The number of benzene rings is 2. The lowest BCUT2D eigenvalue weighted by molar-refractivity contribution is 0.225. The highest BCUT2D eigenvalue weighted by atomic mass is 16.5. The van der Waals surface area contributed by atoms with Crippen LogP contribution in [0.15, 0.2) is 42.5 Å². The van der Waals surface area contributed by atoms with Gasteiger partial charge in [0.1, 0.15) is 0 Å². The molecule has 0 heterocycles. The van der Waals surface area contributed by atoms with Crippen LogP contribution in [0.3, 0.4) is 0 Å². The van der Waals surface area contributed by atoms with Gasteiger partial charge >= 0.3 is 0 Å². The summed E-state index contributed by atoms with van der Waals surface area (Å²) in [5.74, 6) is 2.53. The van der Waals surface area contributed by atoms with Crippen molar-refractivity contribution < 1.29 is 14.6 Å². The van der Waals surface area contributed by atoms with E-state index in [1.165, 1.54) is 16.7 Å². The van der Waals surface area contributed by atoms with Gasteiger partial charge in [-0.15, -0.1) is 0 Å². The number of para-hydroxylation sites is 2. The van der Waals surface area contributed by atoms with Crippen molar-refractivity contribution in [3.63, 3.8) is 0 Å². The number of hydrogen-bond donors (Lipinski definition) is 2. The SMILES string of the molecule is COc1ccccc1OC[C@@H]1CCc2cc([C@H](CN)CCCCO)ccc2C1. The Bertz CT molecular complexity index is 746. The number of ether oxygens (including phenoxy) is 2. The van der Waals surface area contributed by atoms with Crippen molar-refractivity contribution in [2.24, 2.45) is 11.7 Å².